The zero-order valence-electron chi connectivity index (χ0n) is 12.7. The summed E-state index contributed by atoms with van der Waals surface area (Å²) < 4.78 is 1.53. The molecule has 0 fully saturated rings. The lowest BCUT2D eigenvalue weighted by Crippen LogP contribution is -2.22. The number of carbonyl (C=O) groups is 2. The van der Waals surface area contributed by atoms with Crippen LogP contribution in [0.25, 0.3) is 5.69 Å². The SMILES string of the molecule is O=C(Nc1cccc(CO)c1)C(=O)c1cnn(-c2ccccc2)c1. The molecule has 6 nitrogen and oxygen atoms in total. The molecule has 120 valence electrons. The molecule has 0 radical (unpaired) electrons. The molecule has 0 saturated heterocycles. The Balaban J connectivity index is 1.74. The highest BCUT2D eigenvalue weighted by atomic mass is 16.3. The molecule has 0 unspecified atom stereocenters. The number of ketones is 1. The molecule has 24 heavy (non-hydrogen) atoms. The number of aromatic nitrogens is 2. The van der Waals surface area contributed by atoms with Crippen LogP contribution in [0.15, 0.2) is 67.0 Å². The van der Waals surface area contributed by atoms with Crippen molar-refractivity contribution in [3.63, 3.8) is 0 Å². The molecule has 0 aliphatic carbocycles. The van der Waals surface area contributed by atoms with Crippen molar-refractivity contribution in [3.05, 3.63) is 78.1 Å². The number of hydrogen-bond acceptors (Lipinski definition) is 4. The zero-order chi connectivity index (χ0) is 16.9. The summed E-state index contributed by atoms with van der Waals surface area (Å²) in [6, 6.07) is 16.0. The Morgan fingerprint density at radius 2 is 1.88 bits per heavy atom. The van der Waals surface area contributed by atoms with Crippen LogP contribution in [-0.4, -0.2) is 26.6 Å². The Hall–Kier alpha value is -3.25. The van der Waals surface area contributed by atoms with Gasteiger partial charge in [-0.3, -0.25) is 9.59 Å². The van der Waals surface area contributed by atoms with E-state index in [4.69, 9.17) is 5.11 Å². The maximum absolute atomic E-state index is 12.2. The van der Waals surface area contributed by atoms with Gasteiger partial charge >= 0.3 is 0 Å². The fraction of sp³-hybridized carbons (Fsp3) is 0.0556. The number of Topliss-reactive ketones (excluding diaryl/α,β-unsaturated/α-hetero) is 1. The minimum Gasteiger partial charge on any atom is -0.392 e. The molecule has 1 amide bonds. The monoisotopic (exact) mass is 321 g/mol. The first-order valence-electron chi connectivity index (χ1n) is 7.33. The first kappa shape index (κ1) is 15.6. The number of benzene rings is 2. The molecule has 0 saturated carbocycles. The number of nitrogens with zero attached hydrogens (tertiary/aromatic N) is 2. The van der Waals surface area contributed by atoms with Gasteiger partial charge in [0.1, 0.15) is 0 Å². The summed E-state index contributed by atoms with van der Waals surface area (Å²) in [6.07, 6.45) is 2.88. The van der Waals surface area contributed by atoms with Crippen molar-refractivity contribution in [3.8, 4) is 5.69 Å². The van der Waals surface area contributed by atoms with Crippen LogP contribution >= 0.6 is 0 Å². The topological polar surface area (TPSA) is 84.2 Å². The second-order valence-electron chi connectivity index (χ2n) is 5.15. The first-order valence-corrected chi connectivity index (χ1v) is 7.33. The van der Waals surface area contributed by atoms with Gasteiger partial charge in [0, 0.05) is 11.9 Å². The molecular weight excluding hydrogens is 306 g/mol. The van der Waals surface area contributed by atoms with E-state index in [-0.39, 0.29) is 12.2 Å². The average Bonchev–Trinajstić information content (AvgIpc) is 3.12. The van der Waals surface area contributed by atoms with Crippen LogP contribution in [0.2, 0.25) is 0 Å². The number of carbonyl (C=O) groups excluding carboxylic acids is 2. The fourth-order valence-electron chi connectivity index (χ4n) is 2.23. The van der Waals surface area contributed by atoms with Crippen molar-refractivity contribution in [1.29, 1.82) is 0 Å². The van der Waals surface area contributed by atoms with E-state index in [2.05, 4.69) is 10.4 Å². The van der Waals surface area contributed by atoms with Crippen molar-refractivity contribution in [2.75, 3.05) is 5.32 Å². The normalized spacial score (nSPS) is 10.4. The summed E-state index contributed by atoms with van der Waals surface area (Å²) >= 11 is 0. The van der Waals surface area contributed by atoms with Gasteiger partial charge in [-0.25, -0.2) is 4.68 Å². The first-order chi connectivity index (χ1) is 11.7. The van der Waals surface area contributed by atoms with Crippen LogP contribution in [0.4, 0.5) is 5.69 Å². The van der Waals surface area contributed by atoms with Gasteiger partial charge in [-0.2, -0.15) is 5.10 Å². The summed E-state index contributed by atoms with van der Waals surface area (Å²) in [7, 11) is 0. The number of rotatable bonds is 5. The van der Waals surface area contributed by atoms with E-state index in [0.717, 1.165) is 5.69 Å². The molecule has 3 aromatic rings. The van der Waals surface area contributed by atoms with Crippen LogP contribution in [0.3, 0.4) is 0 Å². The van der Waals surface area contributed by atoms with E-state index in [1.165, 1.54) is 17.1 Å². The van der Waals surface area contributed by atoms with E-state index in [1.54, 1.807) is 24.3 Å². The third kappa shape index (κ3) is 3.39. The highest BCUT2D eigenvalue weighted by Gasteiger charge is 2.18. The predicted molar refractivity (Wildman–Crippen MR) is 88.9 cm³/mol. The van der Waals surface area contributed by atoms with E-state index < -0.39 is 11.7 Å². The third-order valence-electron chi connectivity index (χ3n) is 3.44. The smallest absolute Gasteiger partial charge is 0.296 e. The Kier molecular flexibility index (Phi) is 4.49. The molecule has 0 aliphatic rings. The van der Waals surface area contributed by atoms with Gasteiger partial charge in [0.05, 0.1) is 24.1 Å². The average molecular weight is 321 g/mol. The molecule has 0 aliphatic heterocycles. The quantitative estimate of drug-likeness (QED) is 0.557. The van der Waals surface area contributed by atoms with E-state index in [9.17, 15) is 9.59 Å². The van der Waals surface area contributed by atoms with Crippen molar-refractivity contribution < 1.29 is 14.7 Å². The van der Waals surface area contributed by atoms with Gasteiger partial charge in [0.2, 0.25) is 0 Å². The Labute approximate surface area is 138 Å². The molecule has 0 atom stereocenters. The molecule has 6 heteroatoms. The predicted octanol–water partition coefficient (Wildman–Crippen LogP) is 2.19. The maximum Gasteiger partial charge on any atom is 0.296 e. The minimum absolute atomic E-state index is 0.137. The van der Waals surface area contributed by atoms with Crippen LogP contribution < -0.4 is 5.32 Å². The molecular formula is C18H15N3O3. The summed E-state index contributed by atoms with van der Waals surface area (Å²) in [5, 5.41) is 15.7. The Morgan fingerprint density at radius 3 is 2.62 bits per heavy atom. The number of hydrogen-bond donors (Lipinski definition) is 2. The lowest BCUT2D eigenvalue weighted by Gasteiger charge is -2.05. The second-order valence-corrected chi connectivity index (χ2v) is 5.15. The molecule has 2 N–H and O–H groups in total. The Bertz CT molecular complexity index is 872. The molecule has 2 aromatic carbocycles. The number of amides is 1. The van der Waals surface area contributed by atoms with E-state index in [0.29, 0.717) is 11.3 Å². The molecule has 3 rings (SSSR count). The summed E-state index contributed by atoms with van der Waals surface area (Å²) in [5.74, 6) is -1.43. The van der Waals surface area contributed by atoms with Crippen LogP contribution in [0.1, 0.15) is 15.9 Å². The van der Waals surface area contributed by atoms with E-state index in [1.807, 2.05) is 30.3 Å². The highest BCUT2D eigenvalue weighted by molar-refractivity contribution is 6.46. The molecule has 1 aromatic heterocycles. The lowest BCUT2D eigenvalue weighted by molar-refractivity contribution is -0.112. The summed E-state index contributed by atoms with van der Waals surface area (Å²) in [4.78, 5) is 24.3. The number of anilines is 1. The van der Waals surface area contributed by atoms with Crippen molar-refractivity contribution in [2.24, 2.45) is 0 Å². The van der Waals surface area contributed by atoms with Gasteiger partial charge in [-0.15, -0.1) is 0 Å². The summed E-state index contributed by atoms with van der Waals surface area (Å²) in [5.41, 5.74) is 2.11. The maximum atomic E-state index is 12.2. The zero-order valence-corrected chi connectivity index (χ0v) is 12.7. The lowest BCUT2D eigenvalue weighted by atomic mass is 10.2. The minimum atomic E-state index is -0.752. The molecule has 0 spiro atoms. The highest BCUT2D eigenvalue weighted by Crippen LogP contribution is 2.12. The van der Waals surface area contributed by atoms with Gasteiger partial charge in [0.25, 0.3) is 11.7 Å². The molecule has 0 bridgehead atoms. The van der Waals surface area contributed by atoms with Crippen LogP contribution in [0.5, 0.6) is 0 Å². The Morgan fingerprint density at radius 1 is 1.08 bits per heavy atom. The van der Waals surface area contributed by atoms with Crippen molar-refractivity contribution in [2.45, 2.75) is 6.61 Å². The number of nitrogens with one attached hydrogen (secondary N) is 1. The van der Waals surface area contributed by atoms with Crippen molar-refractivity contribution in [1.82, 2.24) is 9.78 Å². The van der Waals surface area contributed by atoms with Gasteiger partial charge in [0.15, 0.2) is 0 Å². The molecule has 1 heterocycles. The number of aliphatic hydroxyl groups excluding tert-OH is 1. The number of aliphatic hydroxyl groups is 1. The fourth-order valence-corrected chi connectivity index (χ4v) is 2.23. The number of para-hydroxylation sites is 1. The van der Waals surface area contributed by atoms with Gasteiger partial charge in [-0.05, 0) is 29.8 Å². The van der Waals surface area contributed by atoms with Crippen LogP contribution in [0, 0.1) is 0 Å². The largest absolute Gasteiger partial charge is 0.392 e. The van der Waals surface area contributed by atoms with Gasteiger partial charge < -0.3 is 10.4 Å². The van der Waals surface area contributed by atoms with E-state index >= 15 is 0 Å². The van der Waals surface area contributed by atoms with Crippen molar-refractivity contribution >= 4 is 17.4 Å². The summed E-state index contributed by atoms with van der Waals surface area (Å²) in [6.45, 7) is -0.137. The van der Waals surface area contributed by atoms with Gasteiger partial charge in [-0.1, -0.05) is 30.3 Å². The van der Waals surface area contributed by atoms with Crippen LogP contribution in [-0.2, 0) is 11.4 Å². The third-order valence-corrected chi connectivity index (χ3v) is 3.44. The standard InChI is InChI=1S/C18H15N3O3/c22-12-13-5-4-6-15(9-13)20-18(24)17(23)14-10-19-21(11-14)16-7-2-1-3-8-16/h1-11,22H,12H2,(H,20,24). The second kappa shape index (κ2) is 6.89.